The quantitative estimate of drug-likeness (QED) is 0.762. The van der Waals surface area contributed by atoms with E-state index >= 15 is 0 Å². The van der Waals surface area contributed by atoms with E-state index in [1.54, 1.807) is 17.4 Å². The van der Waals surface area contributed by atoms with E-state index in [0.717, 1.165) is 23.4 Å². The van der Waals surface area contributed by atoms with Crippen molar-refractivity contribution in [2.45, 2.75) is 25.3 Å². The molecule has 2 aromatic rings. The second-order valence-electron chi connectivity index (χ2n) is 5.07. The van der Waals surface area contributed by atoms with Crippen molar-refractivity contribution >= 4 is 17.2 Å². The summed E-state index contributed by atoms with van der Waals surface area (Å²) in [6, 6.07) is 5.78. The molecule has 0 aromatic carbocycles. The number of carbonyl (C=O) groups excluding carboxylic acids is 1. The van der Waals surface area contributed by atoms with Gasteiger partial charge in [-0.3, -0.25) is 9.89 Å². The summed E-state index contributed by atoms with van der Waals surface area (Å²) >= 11 is 1.60. The maximum atomic E-state index is 12.2. The Morgan fingerprint density at radius 2 is 2.45 bits per heavy atom. The summed E-state index contributed by atoms with van der Waals surface area (Å²) in [4.78, 5) is 13.2. The van der Waals surface area contributed by atoms with Crippen molar-refractivity contribution in [3.8, 4) is 10.6 Å². The number of rotatable bonds is 6. The molecule has 20 heavy (non-hydrogen) atoms. The number of aliphatic hydroxyl groups excluding tert-OH is 1. The van der Waals surface area contributed by atoms with Gasteiger partial charge >= 0.3 is 0 Å². The van der Waals surface area contributed by atoms with Gasteiger partial charge in [-0.25, -0.2) is 0 Å². The third-order valence-electron chi connectivity index (χ3n) is 3.54. The lowest BCUT2D eigenvalue weighted by Gasteiger charge is -2.15. The molecule has 0 bridgehead atoms. The Labute approximate surface area is 121 Å². The first kappa shape index (κ1) is 13.3. The van der Waals surface area contributed by atoms with E-state index in [0.29, 0.717) is 18.0 Å². The summed E-state index contributed by atoms with van der Waals surface area (Å²) in [6.07, 6.45) is 2.87. The summed E-state index contributed by atoms with van der Waals surface area (Å²) in [6.45, 7) is 0.0997. The van der Waals surface area contributed by atoms with E-state index in [9.17, 15) is 4.79 Å². The first-order valence-corrected chi connectivity index (χ1v) is 7.67. The minimum atomic E-state index is -0.172. The van der Waals surface area contributed by atoms with E-state index < -0.39 is 0 Å². The van der Waals surface area contributed by atoms with Crippen LogP contribution in [-0.4, -0.2) is 33.9 Å². The van der Waals surface area contributed by atoms with Gasteiger partial charge in [0.2, 0.25) is 0 Å². The lowest BCUT2D eigenvalue weighted by Crippen LogP contribution is -2.37. The van der Waals surface area contributed by atoms with Gasteiger partial charge < -0.3 is 10.4 Å². The van der Waals surface area contributed by atoms with E-state index in [-0.39, 0.29) is 18.6 Å². The van der Waals surface area contributed by atoms with Gasteiger partial charge in [0.15, 0.2) is 5.69 Å². The highest BCUT2D eigenvalue weighted by molar-refractivity contribution is 7.13. The van der Waals surface area contributed by atoms with Crippen LogP contribution in [0.15, 0.2) is 23.6 Å². The SMILES string of the molecule is O=C(NC(CCO)C1CC1)c1cc(-c2cccs2)[nH]n1. The molecule has 0 spiro atoms. The largest absolute Gasteiger partial charge is 0.396 e. The lowest BCUT2D eigenvalue weighted by atomic mass is 10.1. The average Bonchev–Trinajstić information content (AvgIpc) is 2.94. The third-order valence-corrected chi connectivity index (χ3v) is 4.45. The number of hydrogen-bond donors (Lipinski definition) is 3. The highest BCUT2D eigenvalue weighted by Gasteiger charge is 2.32. The number of nitrogens with one attached hydrogen (secondary N) is 2. The fourth-order valence-corrected chi connectivity index (χ4v) is 2.99. The zero-order valence-electron chi connectivity index (χ0n) is 11.0. The van der Waals surface area contributed by atoms with Gasteiger partial charge in [0.25, 0.3) is 5.91 Å². The van der Waals surface area contributed by atoms with Gasteiger partial charge in [-0.2, -0.15) is 5.10 Å². The number of amides is 1. The maximum absolute atomic E-state index is 12.2. The Morgan fingerprint density at radius 3 is 3.10 bits per heavy atom. The molecule has 1 atom stereocenters. The topological polar surface area (TPSA) is 78.0 Å². The molecule has 0 saturated heterocycles. The van der Waals surface area contributed by atoms with Gasteiger partial charge in [-0.15, -0.1) is 11.3 Å². The Kier molecular flexibility index (Phi) is 3.84. The molecule has 1 fully saturated rings. The van der Waals surface area contributed by atoms with Crippen molar-refractivity contribution in [1.29, 1.82) is 0 Å². The molecule has 1 saturated carbocycles. The lowest BCUT2D eigenvalue weighted by molar-refractivity contribution is 0.0919. The molecule has 1 amide bonds. The van der Waals surface area contributed by atoms with Crippen molar-refractivity contribution in [1.82, 2.24) is 15.5 Å². The molecule has 0 radical (unpaired) electrons. The van der Waals surface area contributed by atoms with Crippen molar-refractivity contribution < 1.29 is 9.90 Å². The second-order valence-corrected chi connectivity index (χ2v) is 6.02. The number of aliphatic hydroxyl groups is 1. The number of aromatic amines is 1. The molecule has 1 aliphatic carbocycles. The van der Waals surface area contributed by atoms with Gasteiger partial charge in [-0.05, 0) is 42.7 Å². The predicted octanol–water partition coefficient (Wildman–Crippen LogP) is 2.03. The summed E-state index contributed by atoms with van der Waals surface area (Å²) in [5.74, 6) is 0.344. The summed E-state index contributed by atoms with van der Waals surface area (Å²) in [7, 11) is 0. The van der Waals surface area contributed by atoms with Gasteiger partial charge in [0.05, 0.1) is 10.6 Å². The zero-order valence-corrected chi connectivity index (χ0v) is 11.8. The molecule has 106 valence electrons. The van der Waals surface area contributed by atoms with Crippen LogP contribution in [0.3, 0.4) is 0 Å². The molecule has 3 rings (SSSR count). The minimum absolute atomic E-state index is 0.0642. The first-order chi connectivity index (χ1) is 9.78. The zero-order chi connectivity index (χ0) is 13.9. The van der Waals surface area contributed by atoms with Gasteiger partial charge in [-0.1, -0.05) is 6.07 Å². The van der Waals surface area contributed by atoms with E-state index in [4.69, 9.17) is 5.11 Å². The standard InChI is InChI=1S/C14H17N3O2S/c18-6-5-10(9-3-4-9)15-14(19)12-8-11(16-17-12)13-2-1-7-20-13/h1-2,7-10,18H,3-6H2,(H,15,19)(H,16,17). The smallest absolute Gasteiger partial charge is 0.272 e. The van der Waals surface area contributed by atoms with E-state index in [1.165, 1.54) is 0 Å². The summed E-state index contributed by atoms with van der Waals surface area (Å²) in [5.41, 5.74) is 1.26. The Balaban J connectivity index is 1.67. The van der Waals surface area contributed by atoms with Crippen LogP contribution in [-0.2, 0) is 0 Å². The summed E-state index contributed by atoms with van der Waals surface area (Å²) < 4.78 is 0. The highest BCUT2D eigenvalue weighted by Crippen LogP contribution is 2.34. The number of H-pyrrole nitrogens is 1. The van der Waals surface area contributed by atoms with Crippen LogP contribution >= 0.6 is 11.3 Å². The van der Waals surface area contributed by atoms with Crippen LogP contribution in [0.2, 0.25) is 0 Å². The molecular formula is C14H17N3O2S. The monoisotopic (exact) mass is 291 g/mol. The van der Waals surface area contributed by atoms with Crippen molar-refractivity contribution in [3.63, 3.8) is 0 Å². The number of nitrogens with zero attached hydrogens (tertiary/aromatic N) is 1. The first-order valence-electron chi connectivity index (χ1n) is 6.79. The molecule has 6 heteroatoms. The van der Waals surface area contributed by atoms with Crippen LogP contribution < -0.4 is 5.32 Å². The second kappa shape index (κ2) is 5.76. The Hall–Kier alpha value is -1.66. The van der Waals surface area contributed by atoms with Gasteiger partial charge in [0.1, 0.15) is 0 Å². The normalized spacial score (nSPS) is 16.1. The minimum Gasteiger partial charge on any atom is -0.396 e. The summed E-state index contributed by atoms with van der Waals surface area (Å²) in [5, 5.41) is 21.0. The highest BCUT2D eigenvalue weighted by atomic mass is 32.1. The molecule has 2 heterocycles. The van der Waals surface area contributed by atoms with Crippen LogP contribution in [0.25, 0.3) is 10.6 Å². The molecular weight excluding hydrogens is 274 g/mol. The maximum Gasteiger partial charge on any atom is 0.272 e. The Bertz CT molecular complexity index is 575. The van der Waals surface area contributed by atoms with E-state index in [2.05, 4.69) is 15.5 Å². The number of hydrogen-bond acceptors (Lipinski definition) is 4. The van der Waals surface area contributed by atoms with Gasteiger partial charge in [0, 0.05) is 12.6 Å². The van der Waals surface area contributed by atoms with Crippen molar-refractivity contribution in [2.75, 3.05) is 6.61 Å². The Morgan fingerprint density at radius 1 is 1.60 bits per heavy atom. The average molecular weight is 291 g/mol. The van der Waals surface area contributed by atoms with Crippen molar-refractivity contribution in [2.24, 2.45) is 5.92 Å². The van der Waals surface area contributed by atoms with Crippen molar-refractivity contribution in [3.05, 3.63) is 29.3 Å². The van der Waals surface area contributed by atoms with Crippen LogP contribution in [0.5, 0.6) is 0 Å². The number of thiophene rings is 1. The fourth-order valence-electron chi connectivity index (χ4n) is 2.30. The molecule has 2 aromatic heterocycles. The van der Waals surface area contributed by atoms with Crippen LogP contribution in [0, 0.1) is 5.92 Å². The molecule has 3 N–H and O–H groups in total. The molecule has 1 aliphatic rings. The predicted molar refractivity (Wildman–Crippen MR) is 77.6 cm³/mol. The van der Waals surface area contributed by atoms with E-state index in [1.807, 2.05) is 17.5 Å². The third kappa shape index (κ3) is 2.91. The molecule has 5 nitrogen and oxygen atoms in total. The number of carbonyl (C=O) groups is 1. The molecule has 0 aliphatic heterocycles. The fraction of sp³-hybridized carbons (Fsp3) is 0.429. The molecule has 1 unspecified atom stereocenters. The number of aromatic nitrogens is 2. The van der Waals surface area contributed by atoms with Crippen LogP contribution in [0.4, 0.5) is 0 Å². The van der Waals surface area contributed by atoms with Crippen LogP contribution in [0.1, 0.15) is 29.8 Å².